The first-order chi connectivity index (χ1) is 14.2. The summed E-state index contributed by atoms with van der Waals surface area (Å²) in [7, 11) is 0. The lowest BCUT2D eigenvalue weighted by Crippen LogP contribution is -2.38. The van der Waals surface area contributed by atoms with Gasteiger partial charge in [-0.25, -0.2) is 0 Å². The van der Waals surface area contributed by atoms with Gasteiger partial charge in [0.15, 0.2) is 23.0 Å². The zero-order chi connectivity index (χ0) is 20.4. The van der Waals surface area contributed by atoms with Gasteiger partial charge in [0.05, 0.1) is 26.4 Å². The summed E-state index contributed by atoms with van der Waals surface area (Å²) in [5, 5.41) is 0. The van der Waals surface area contributed by atoms with Crippen molar-refractivity contribution < 1.29 is 18.9 Å². The van der Waals surface area contributed by atoms with Gasteiger partial charge in [0.25, 0.3) is 0 Å². The summed E-state index contributed by atoms with van der Waals surface area (Å²) >= 11 is 0. The third kappa shape index (κ3) is 4.19. The third-order valence-corrected chi connectivity index (χ3v) is 5.59. The van der Waals surface area contributed by atoms with Crippen LogP contribution in [0.25, 0.3) is 0 Å². The quantitative estimate of drug-likeness (QED) is 0.574. The molecule has 2 aliphatic rings. The van der Waals surface area contributed by atoms with Gasteiger partial charge in [0.1, 0.15) is 0 Å². The maximum atomic E-state index is 5.91. The molecule has 0 radical (unpaired) electrons. The molecule has 2 aliphatic heterocycles. The largest absolute Gasteiger partial charge is 0.490 e. The van der Waals surface area contributed by atoms with E-state index in [9.17, 15) is 0 Å². The van der Waals surface area contributed by atoms with Gasteiger partial charge in [0.2, 0.25) is 0 Å². The lowest BCUT2D eigenvalue weighted by molar-refractivity contribution is 0.211. The minimum absolute atomic E-state index is 0. The highest BCUT2D eigenvalue weighted by molar-refractivity contribution is 5.85. The van der Waals surface area contributed by atoms with Crippen molar-refractivity contribution in [2.75, 3.05) is 33.0 Å². The molecule has 0 aliphatic carbocycles. The second-order valence-corrected chi connectivity index (χ2v) is 7.45. The number of nitrogens with zero attached hydrogens (tertiary/aromatic N) is 1. The molecule has 2 aromatic carbocycles. The molecule has 2 heterocycles. The summed E-state index contributed by atoms with van der Waals surface area (Å²) < 4.78 is 23.5. The number of ether oxygens (including phenoxy) is 4. The maximum Gasteiger partial charge on any atom is 0.161 e. The van der Waals surface area contributed by atoms with Gasteiger partial charge in [-0.05, 0) is 74.2 Å². The minimum atomic E-state index is 0. The van der Waals surface area contributed by atoms with Crippen molar-refractivity contribution in [1.29, 1.82) is 0 Å². The molecule has 2 aromatic rings. The van der Waals surface area contributed by atoms with Gasteiger partial charge in [-0.3, -0.25) is 4.90 Å². The first-order valence-corrected chi connectivity index (χ1v) is 10.8. The van der Waals surface area contributed by atoms with Gasteiger partial charge < -0.3 is 18.9 Å². The number of hydrogen-bond donors (Lipinski definition) is 0. The second-order valence-electron chi connectivity index (χ2n) is 7.45. The minimum Gasteiger partial charge on any atom is -0.490 e. The van der Waals surface area contributed by atoms with E-state index < -0.39 is 0 Å². The van der Waals surface area contributed by atoms with Crippen molar-refractivity contribution in [3.05, 3.63) is 46.5 Å². The predicted molar refractivity (Wildman–Crippen MR) is 121 cm³/mol. The Bertz CT molecular complexity index is 816. The molecule has 30 heavy (non-hydrogen) atoms. The molecule has 0 saturated heterocycles. The molecule has 0 N–H and O–H groups in total. The molecule has 6 heteroatoms. The molecule has 2 bridgehead atoms. The smallest absolute Gasteiger partial charge is 0.161 e. The van der Waals surface area contributed by atoms with E-state index in [4.69, 9.17) is 18.9 Å². The van der Waals surface area contributed by atoms with E-state index in [1.54, 1.807) is 0 Å². The maximum absolute atomic E-state index is 5.91. The zero-order valence-corrected chi connectivity index (χ0v) is 19.1. The van der Waals surface area contributed by atoms with Gasteiger partial charge in [0, 0.05) is 25.6 Å². The normalized spacial score (nSPS) is 18.5. The first-order valence-electron chi connectivity index (χ1n) is 10.8. The van der Waals surface area contributed by atoms with E-state index in [1.807, 2.05) is 27.7 Å². The Morgan fingerprint density at radius 2 is 1.03 bits per heavy atom. The van der Waals surface area contributed by atoms with Crippen molar-refractivity contribution in [2.45, 2.75) is 46.7 Å². The summed E-state index contributed by atoms with van der Waals surface area (Å²) in [6.07, 6.45) is 0. The summed E-state index contributed by atoms with van der Waals surface area (Å²) in [5.41, 5.74) is 5.32. The van der Waals surface area contributed by atoms with Crippen LogP contribution in [0.2, 0.25) is 0 Å². The van der Waals surface area contributed by atoms with Crippen molar-refractivity contribution in [1.82, 2.24) is 4.90 Å². The molecule has 0 aromatic heterocycles. The van der Waals surface area contributed by atoms with Crippen LogP contribution in [0, 0.1) is 0 Å². The van der Waals surface area contributed by atoms with E-state index in [1.165, 1.54) is 22.3 Å². The first kappa shape index (κ1) is 22.6. The highest BCUT2D eigenvalue weighted by Gasteiger charge is 2.34. The van der Waals surface area contributed by atoms with Crippen LogP contribution in [0.3, 0.4) is 0 Å². The predicted octanol–water partition coefficient (Wildman–Crippen LogP) is 5.16. The number of hydrogen-bond acceptors (Lipinski definition) is 5. The summed E-state index contributed by atoms with van der Waals surface area (Å²) in [6, 6.07) is 8.73. The van der Waals surface area contributed by atoms with Crippen LogP contribution in [0.5, 0.6) is 23.0 Å². The lowest BCUT2D eigenvalue weighted by atomic mass is 9.79. The van der Waals surface area contributed by atoms with E-state index in [-0.39, 0.29) is 12.4 Å². The number of benzene rings is 2. The van der Waals surface area contributed by atoms with Crippen molar-refractivity contribution >= 4 is 12.4 Å². The van der Waals surface area contributed by atoms with E-state index in [2.05, 4.69) is 29.2 Å². The lowest BCUT2D eigenvalue weighted by Gasteiger charge is -2.41. The van der Waals surface area contributed by atoms with Crippen LogP contribution >= 0.6 is 12.4 Å². The summed E-state index contributed by atoms with van der Waals surface area (Å²) in [5.74, 6) is 3.66. The summed E-state index contributed by atoms with van der Waals surface area (Å²) in [6.45, 7) is 13.4. The third-order valence-electron chi connectivity index (χ3n) is 5.59. The van der Waals surface area contributed by atoms with Gasteiger partial charge in [-0.1, -0.05) is 0 Å². The fourth-order valence-electron chi connectivity index (χ4n) is 4.52. The Balaban J connectivity index is 0.00000256. The summed E-state index contributed by atoms with van der Waals surface area (Å²) in [4.78, 5) is 2.50. The Kier molecular flexibility index (Phi) is 7.37. The molecular weight excluding hydrogens is 402 g/mol. The molecule has 5 nitrogen and oxygen atoms in total. The van der Waals surface area contributed by atoms with Crippen molar-refractivity contribution in [3.8, 4) is 23.0 Å². The molecule has 4 rings (SSSR count). The van der Waals surface area contributed by atoms with Gasteiger partial charge in [-0.15, -0.1) is 12.4 Å². The molecule has 0 saturated carbocycles. The topological polar surface area (TPSA) is 40.2 Å². The number of fused-ring (bicyclic) bond motifs is 6. The number of rotatable bonds is 8. The van der Waals surface area contributed by atoms with E-state index >= 15 is 0 Å². The zero-order valence-electron chi connectivity index (χ0n) is 18.3. The highest BCUT2D eigenvalue weighted by atomic mass is 35.5. The average Bonchev–Trinajstić information content (AvgIpc) is 2.70. The van der Waals surface area contributed by atoms with Crippen LogP contribution < -0.4 is 18.9 Å². The van der Waals surface area contributed by atoms with Crippen molar-refractivity contribution in [3.63, 3.8) is 0 Å². The molecule has 164 valence electrons. The fourth-order valence-corrected chi connectivity index (χ4v) is 4.52. The molecule has 0 fully saturated rings. The van der Waals surface area contributed by atoms with Gasteiger partial charge in [-0.2, -0.15) is 0 Å². The Morgan fingerprint density at radius 1 is 0.667 bits per heavy atom. The molecule has 0 unspecified atom stereocenters. The number of halogens is 1. The van der Waals surface area contributed by atoms with Crippen LogP contribution in [0.4, 0.5) is 0 Å². The van der Waals surface area contributed by atoms with E-state index in [0.29, 0.717) is 32.3 Å². The molecule has 0 spiro atoms. The highest BCUT2D eigenvalue weighted by Crippen LogP contribution is 2.46. The van der Waals surface area contributed by atoms with Crippen LogP contribution in [0.1, 0.15) is 55.9 Å². The molecule has 0 amide bonds. The molecule has 0 atom stereocenters. The Hall–Kier alpha value is -2.11. The van der Waals surface area contributed by atoms with Crippen LogP contribution in [-0.2, 0) is 13.1 Å². The molecular formula is C24H32ClNO4. The van der Waals surface area contributed by atoms with Crippen molar-refractivity contribution in [2.24, 2.45) is 0 Å². The second kappa shape index (κ2) is 9.80. The Labute approximate surface area is 185 Å². The SMILES string of the molecule is CCOc1cc2c(cc1OCC)C1CN(C2)Cc2cc(OCC)c(OCC)cc21.Cl. The monoisotopic (exact) mass is 433 g/mol. The Morgan fingerprint density at radius 3 is 1.40 bits per heavy atom. The fraction of sp³-hybridized carbons (Fsp3) is 0.500. The van der Waals surface area contributed by atoms with Crippen LogP contribution in [0.15, 0.2) is 24.3 Å². The van der Waals surface area contributed by atoms with E-state index in [0.717, 1.165) is 42.6 Å². The average molecular weight is 434 g/mol. The van der Waals surface area contributed by atoms with Gasteiger partial charge >= 0.3 is 0 Å². The standard InChI is InChI=1S/C24H31NO4.ClH/c1-5-26-21-9-16-13-25-14-17-10-22(27-6-2)24(29-8-4)12-19(17)20(15-25)18(16)11-23(21)28-7-3;/h9-12,20H,5-8,13-15H2,1-4H3;1H. The van der Waals surface area contributed by atoms with Crippen LogP contribution in [-0.4, -0.2) is 37.9 Å².